The molecule has 27 heavy (non-hydrogen) atoms. The molecular weight excluding hydrogens is 402 g/mol. The molecule has 0 aliphatic rings. The zero-order valence-electron chi connectivity index (χ0n) is 14.4. The van der Waals surface area contributed by atoms with E-state index in [-0.39, 0.29) is 22.3 Å². The smallest absolute Gasteiger partial charge is 0.245 e. The second-order valence-corrected chi connectivity index (χ2v) is 7.57. The fraction of sp³-hybridized carbons (Fsp3) is 0.235. The number of benzene rings is 2. The molecule has 1 unspecified atom stereocenters. The average Bonchev–Trinajstić information content (AvgIpc) is 2.59. The molecule has 0 saturated heterocycles. The van der Waals surface area contributed by atoms with E-state index in [9.17, 15) is 22.0 Å². The Morgan fingerprint density at radius 2 is 1.85 bits per heavy atom. The van der Waals surface area contributed by atoms with Gasteiger partial charge in [0.25, 0.3) is 0 Å². The number of hydrogen-bond acceptors (Lipinski definition) is 4. The van der Waals surface area contributed by atoms with E-state index in [1.54, 1.807) is 6.92 Å². The van der Waals surface area contributed by atoms with Gasteiger partial charge < -0.3 is 10.1 Å². The van der Waals surface area contributed by atoms with E-state index < -0.39 is 39.3 Å². The van der Waals surface area contributed by atoms with Gasteiger partial charge in [-0.15, -0.1) is 0 Å². The van der Waals surface area contributed by atoms with E-state index in [0.29, 0.717) is 0 Å². The Morgan fingerprint density at radius 3 is 2.44 bits per heavy atom. The molecule has 2 aromatic carbocycles. The summed E-state index contributed by atoms with van der Waals surface area (Å²) >= 11 is 5.85. The first-order valence-electron chi connectivity index (χ1n) is 7.85. The number of carbonyl (C=O) groups is 1. The van der Waals surface area contributed by atoms with Crippen molar-refractivity contribution in [3.05, 3.63) is 53.1 Å². The van der Waals surface area contributed by atoms with E-state index in [4.69, 9.17) is 16.3 Å². The molecule has 146 valence electrons. The van der Waals surface area contributed by atoms with Gasteiger partial charge >= 0.3 is 0 Å². The summed E-state index contributed by atoms with van der Waals surface area (Å²) in [5, 5.41) is 2.19. The van der Waals surface area contributed by atoms with Gasteiger partial charge in [-0.3, -0.25) is 4.79 Å². The Labute approximate surface area is 160 Å². The molecule has 2 N–H and O–H groups in total. The molecule has 2 aromatic rings. The molecule has 0 spiro atoms. The van der Waals surface area contributed by atoms with Crippen LogP contribution in [-0.2, 0) is 14.8 Å². The van der Waals surface area contributed by atoms with Crippen molar-refractivity contribution in [2.75, 3.05) is 11.9 Å². The number of amides is 1. The molecule has 0 radical (unpaired) electrons. The lowest BCUT2D eigenvalue weighted by molar-refractivity contribution is -0.117. The standard InChI is InChI=1S/C17H17ClF2N2O4S/c1-3-26-14-8-7-11(18)9-15(14)27(24,25)22-10(2)17(23)21-16-12(19)5-4-6-13(16)20/h4-10,22H,3H2,1-2H3,(H,21,23). The minimum atomic E-state index is -4.20. The van der Waals surface area contributed by atoms with Gasteiger partial charge in [0.2, 0.25) is 15.9 Å². The van der Waals surface area contributed by atoms with Gasteiger partial charge in [0, 0.05) is 5.02 Å². The molecule has 6 nitrogen and oxygen atoms in total. The number of sulfonamides is 1. The summed E-state index contributed by atoms with van der Waals surface area (Å²) in [6.07, 6.45) is 0. The van der Waals surface area contributed by atoms with E-state index in [1.165, 1.54) is 25.1 Å². The summed E-state index contributed by atoms with van der Waals surface area (Å²) in [4.78, 5) is 11.9. The van der Waals surface area contributed by atoms with Gasteiger partial charge in [-0.25, -0.2) is 17.2 Å². The van der Waals surface area contributed by atoms with Crippen molar-refractivity contribution in [2.45, 2.75) is 24.8 Å². The van der Waals surface area contributed by atoms with E-state index >= 15 is 0 Å². The molecule has 0 aliphatic heterocycles. The fourth-order valence-corrected chi connectivity index (χ4v) is 3.78. The highest BCUT2D eigenvalue weighted by Crippen LogP contribution is 2.27. The highest BCUT2D eigenvalue weighted by molar-refractivity contribution is 7.89. The molecule has 10 heteroatoms. The van der Waals surface area contributed by atoms with Crippen molar-refractivity contribution < 1.29 is 26.7 Å². The second-order valence-electron chi connectivity index (χ2n) is 5.45. The number of ether oxygens (including phenoxy) is 1. The average molecular weight is 419 g/mol. The molecule has 0 saturated carbocycles. The van der Waals surface area contributed by atoms with Crippen LogP contribution < -0.4 is 14.8 Å². The monoisotopic (exact) mass is 418 g/mol. The predicted molar refractivity (Wildman–Crippen MR) is 97.4 cm³/mol. The second kappa shape index (κ2) is 8.64. The summed E-state index contributed by atoms with van der Waals surface area (Å²) in [5.74, 6) is -2.84. The van der Waals surface area contributed by atoms with Gasteiger partial charge in [0.15, 0.2) is 0 Å². The summed E-state index contributed by atoms with van der Waals surface area (Å²) < 4.78 is 59.9. The van der Waals surface area contributed by atoms with Crippen LogP contribution in [0.3, 0.4) is 0 Å². The number of halogens is 3. The van der Waals surface area contributed by atoms with Crippen molar-refractivity contribution in [2.24, 2.45) is 0 Å². The zero-order chi connectivity index (χ0) is 20.2. The first-order valence-corrected chi connectivity index (χ1v) is 9.71. The zero-order valence-corrected chi connectivity index (χ0v) is 16.0. The normalized spacial score (nSPS) is 12.5. The van der Waals surface area contributed by atoms with Gasteiger partial charge in [0.1, 0.15) is 28.0 Å². The van der Waals surface area contributed by atoms with Crippen LogP contribution in [0.25, 0.3) is 0 Å². The highest BCUT2D eigenvalue weighted by atomic mass is 35.5. The number of carbonyl (C=O) groups excluding carboxylic acids is 1. The minimum absolute atomic E-state index is 0.0576. The molecule has 0 bridgehead atoms. The Kier molecular flexibility index (Phi) is 6.74. The van der Waals surface area contributed by atoms with Gasteiger partial charge in [0.05, 0.1) is 12.6 Å². The lowest BCUT2D eigenvalue weighted by Crippen LogP contribution is -2.41. The van der Waals surface area contributed by atoms with E-state index in [2.05, 4.69) is 4.72 Å². The Balaban J connectivity index is 2.22. The lowest BCUT2D eigenvalue weighted by Gasteiger charge is -2.17. The quantitative estimate of drug-likeness (QED) is 0.722. The van der Waals surface area contributed by atoms with Crippen molar-refractivity contribution >= 4 is 33.2 Å². The van der Waals surface area contributed by atoms with Crippen molar-refractivity contribution in [1.82, 2.24) is 4.72 Å². The number of rotatable bonds is 7. The van der Waals surface area contributed by atoms with E-state index in [1.807, 2.05) is 5.32 Å². The largest absolute Gasteiger partial charge is 0.492 e. The van der Waals surface area contributed by atoms with Crippen LogP contribution in [0.1, 0.15) is 13.8 Å². The number of nitrogens with one attached hydrogen (secondary N) is 2. The van der Waals surface area contributed by atoms with Crippen LogP contribution in [0.2, 0.25) is 5.02 Å². The summed E-state index contributed by atoms with van der Waals surface area (Å²) in [5.41, 5.74) is -0.661. The topological polar surface area (TPSA) is 84.5 Å². The molecule has 0 aromatic heterocycles. The van der Waals surface area contributed by atoms with Gasteiger partial charge in [-0.1, -0.05) is 17.7 Å². The Bertz CT molecular complexity index is 934. The predicted octanol–water partition coefficient (Wildman–Crippen LogP) is 3.32. The minimum Gasteiger partial charge on any atom is -0.492 e. The maximum atomic E-state index is 13.6. The van der Waals surface area contributed by atoms with E-state index in [0.717, 1.165) is 18.2 Å². The van der Waals surface area contributed by atoms with Crippen molar-refractivity contribution in [3.8, 4) is 5.75 Å². The third kappa shape index (κ3) is 5.15. The van der Waals surface area contributed by atoms with Crippen LogP contribution in [-0.4, -0.2) is 27.0 Å². The van der Waals surface area contributed by atoms with Crippen LogP contribution in [0.5, 0.6) is 5.75 Å². The maximum absolute atomic E-state index is 13.6. The van der Waals surface area contributed by atoms with Crippen LogP contribution in [0, 0.1) is 11.6 Å². The van der Waals surface area contributed by atoms with Crippen LogP contribution in [0.4, 0.5) is 14.5 Å². The summed E-state index contributed by atoms with van der Waals surface area (Å²) in [6.45, 7) is 3.13. The van der Waals surface area contributed by atoms with Gasteiger partial charge in [-0.2, -0.15) is 4.72 Å². The molecule has 1 amide bonds. The molecule has 2 rings (SSSR count). The Morgan fingerprint density at radius 1 is 1.22 bits per heavy atom. The lowest BCUT2D eigenvalue weighted by atomic mass is 10.2. The first kappa shape index (κ1) is 21.1. The molecule has 0 aliphatic carbocycles. The van der Waals surface area contributed by atoms with Crippen LogP contribution >= 0.6 is 11.6 Å². The number of hydrogen-bond donors (Lipinski definition) is 2. The van der Waals surface area contributed by atoms with Crippen LogP contribution in [0.15, 0.2) is 41.3 Å². The summed E-state index contributed by atoms with van der Waals surface area (Å²) in [7, 11) is -4.20. The third-order valence-corrected chi connectivity index (χ3v) is 5.23. The van der Waals surface area contributed by atoms with Gasteiger partial charge in [-0.05, 0) is 44.2 Å². The SMILES string of the molecule is CCOc1ccc(Cl)cc1S(=O)(=O)NC(C)C(=O)Nc1c(F)cccc1F. The number of anilines is 1. The molecule has 0 fully saturated rings. The molecule has 1 atom stereocenters. The first-order chi connectivity index (χ1) is 12.7. The number of para-hydroxylation sites is 1. The fourth-order valence-electron chi connectivity index (χ4n) is 2.17. The highest BCUT2D eigenvalue weighted by Gasteiger charge is 2.26. The molecule has 0 heterocycles. The van der Waals surface area contributed by atoms with Crippen molar-refractivity contribution in [1.29, 1.82) is 0 Å². The third-order valence-electron chi connectivity index (χ3n) is 3.43. The molecular formula is C17H17ClF2N2O4S. The van der Waals surface area contributed by atoms with Crippen molar-refractivity contribution in [3.63, 3.8) is 0 Å². The summed E-state index contributed by atoms with van der Waals surface area (Å²) in [6, 6.07) is 5.77. The Hall–Kier alpha value is -2.23. The maximum Gasteiger partial charge on any atom is 0.245 e.